The summed E-state index contributed by atoms with van der Waals surface area (Å²) in [4.78, 5) is 0. The van der Waals surface area contributed by atoms with Crippen LogP contribution >= 0.6 is 0 Å². The van der Waals surface area contributed by atoms with Gasteiger partial charge in [0, 0.05) is 11.1 Å². The van der Waals surface area contributed by atoms with Crippen LogP contribution in [0.15, 0.2) is 71.1 Å². The van der Waals surface area contributed by atoms with E-state index < -0.39 is 0 Å². The van der Waals surface area contributed by atoms with Crippen molar-refractivity contribution in [2.75, 3.05) is 0 Å². The largest absolute Gasteiger partial charge is 0.416 e. The summed E-state index contributed by atoms with van der Waals surface area (Å²) in [5, 5.41) is 10.7. The van der Waals surface area contributed by atoms with E-state index in [0.717, 1.165) is 27.5 Å². The highest BCUT2D eigenvalue weighted by Crippen LogP contribution is 2.30. The number of fused-ring (bicyclic) bond motifs is 1. The molecule has 0 atom stereocenters. The molecule has 0 radical (unpaired) electrons. The summed E-state index contributed by atoms with van der Waals surface area (Å²) in [5.74, 6) is 1.11. The molecule has 0 aliphatic rings. The molecular weight excluding hydrogens is 272 g/mol. The highest BCUT2D eigenvalue weighted by Gasteiger charge is 2.13. The molecule has 1 aromatic heterocycles. The molecule has 4 rings (SSSR count). The van der Waals surface area contributed by atoms with Gasteiger partial charge in [-0.2, -0.15) is 0 Å². The first-order chi connectivity index (χ1) is 10.8. The average Bonchev–Trinajstić information content (AvgIpc) is 3.04. The van der Waals surface area contributed by atoms with Crippen molar-refractivity contribution in [1.82, 2.24) is 10.2 Å². The van der Waals surface area contributed by atoms with Crippen LogP contribution in [0, 0.1) is 6.92 Å². The van der Waals surface area contributed by atoms with E-state index in [1.807, 2.05) is 55.5 Å². The van der Waals surface area contributed by atoms with Gasteiger partial charge in [0.2, 0.25) is 11.8 Å². The molecule has 4 aromatic rings. The van der Waals surface area contributed by atoms with Crippen molar-refractivity contribution in [3.63, 3.8) is 0 Å². The molecule has 3 aromatic carbocycles. The van der Waals surface area contributed by atoms with Crippen LogP contribution in [0.5, 0.6) is 0 Å². The maximum absolute atomic E-state index is 5.92. The monoisotopic (exact) mass is 286 g/mol. The highest BCUT2D eigenvalue weighted by molar-refractivity contribution is 5.94. The van der Waals surface area contributed by atoms with Gasteiger partial charge in [-0.05, 0) is 35.4 Å². The fraction of sp³-hybridized carbons (Fsp3) is 0.0526. The highest BCUT2D eigenvalue weighted by atomic mass is 16.4. The van der Waals surface area contributed by atoms with Gasteiger partial charge < -0.3 is 4.42 Å². The van der Waals surface area contributed by atoms with Gasteiger partial charge in [-0.1, -0.05) is 54.6 Å². The number of rotatable bonds is 2. The summed E-state index contributed by atoms with van der Waals surface area (Å²) in [7, 11) is 0. The molecule has 0 unspecified atom stereocenters. The molecule has 106 valence electrons. The summed E-state index contributed by atoms with van der Waals surface area (Å²) in [6.07, 6.45) is 0. The third-order valence-corrected chi connectivity index (χ3v) is 3.82. The Bertz CT molecular complexity index is 951. The Morgan fingerprint density at radius 3 is 2.18 bits per heavy atom. The van der Waals surface area contributed by atoms with Crippen molar-refractivity contribution in [3.05, 3.63) is 72.3 Å². The molecule has 22 heavy (non-hydrogen) atoms. The van der Waals surface area contributed by atoms with Gasteiger partial charge in [-0.15, -0.1) is 10.2 Å². The number of nitrogens with zero attached hydrogens (tertiary/aromatic N) is 2. The Balaban J connectivity index is 1.86. The van der Waals surface area contributed by atoms with Gasteiger partial charge in [-0.25, -0.2) is 0 Å². The second-order valence-corrected chi connectivity index (χ2v) is 5.25. The maximum atomic E-state index is 5.92. The minimum absolute atomic E-state index is 0.551. The lowest BCUT2D eigenvalue weighted by Crippen LogP contribution is -1.81. The van der Waals surface area contributed by atoms with Crippen LogP contribution < -0.4 is 0 Å². The van der Waals surface area contributed by atoms with E-state index in [4.69, 9.17) is 4.42 Å². The van der Waals surface area contributed by atoms with Crippen molar-refractivity contribution in [2.24, 2.45) is 0 Å². The zero-order valence-corrected chi connectivity index (χ0v) is 12.2. The third-order valence-electron chi connectivity index (χ3n) is 3.82. The van der Waals surface area contributed by atoms with Crippen molar-refractivity contribution >= 4 is 10.8 Å². The molecule has 0 amide bonds. The van der Waals surface area contributed by atoms with E-state index in [1.54, 1.807) is 0 Å². The molecule has 3 heteroatoms. The molecule has 1 heterocycles. The SMILES string of the molecule is Cc1ccccc1-c1nnc(-c2cccc3ccccc23)o1. The first-order valence-electron chi connectivity index (χ1n) is 7.20. The van der Waals surface area contributed by atoms with Crippen LogP contribution in [0.1, 0.15) is 5.56 Å². The zero-order valence-electron chi connectivity index (χ0n) is 12.2. The first-order valence-corrected chi connectivity index (χ1v) is 7.20. The van der Waals surface area contributed by atoms with E-state index in [-0.39, 0.29) is 0 Å². The average molecular weight is 286 g/mol. The summed E-state index contributed by atoms with van der Waals surface area (Å²) in [6, 6.07) is 22.3. The molecule has 0 saturated carbocycles. The Labute approximate surface area is 128 Å². The quantitative estimate of drug-likeness (QED) is 0.528. The topological polar surface area (TPSA) is 38.9 Å². The molecule has 0 bridgehead atoms. The summed E-state index contributed by atoms with van der Waals surface area (Å²) in [5.41, 5.74) is 3.06. The van der Waals surface area contributed by atoms with Gasteiger partial charge in [0.05, 0.1) is 0 Å². The van der Waals surface area contributed by atoms with Crippen LogP contribution in [-0.4, -0.2) is 10.2 Å². The molecule has 0 fully saturated rings. The van der Waals surface area contributed by atoms with Gasteiger partial charge in [0.25, 0.3) is 0 Å². The summed E-state index contributed by atoms with van der Waals surface area (Å²) in [6.45, 7) is 2.04. The van der Waals surface area contributed by atoms with Crippen molar-refractivity contribution in [2.45, 2.75) is 6.92 Å². The first kappa shape index (κ1) is 12.8. The van der Waals surface area contributed by atoms with Crippen LogP contribution in [0.25, 0.3) is 33.7 Å². The third kappa shape index (κ3) is 2.07. The van der Waals surface area contributed by atoms with Crippen LogP contribution in [0.3, 0.4) is 0 Å². The number of benzene rings is 3. The Hall–Kier alpha value is -2.94. The van der Waals surface area contributed by atoms with E-state index in [1.165, 1.54) is 0 Å². The van der Waals surface area contributed by atoms with Gasteiger partial charge in [-0.3, -0.25) is 0 Å². The van der Waals surface area contributed by atoms with Gasteiger partial charge in [0.15, 0.2) is 0 Å². The number of aromatic nitrogens is 2. The number of hydrogen-bond donors (Lipinski definition) is 0. The summed E-state index contributed by atoms with van der Waals surface area (Å²) < 4.78 is 5.92. The van der Waals surface area contributed by atoms with E-state index in [9.17, 15) is 0 Å². The minimum Gasteiger partial charge on any atom is -0.416 e. The van der Waals surface area contributed by atoms with Crippen LogP contribution in [-0.2, 0) is 0 Å². The molecular formula is C19H14N2O. The molecule has 0 aliphatic carbocycles. The molecule has 3 nitrogen and oxygen atoms in total. The van der Waals surface area contributed by atoms with Gasteiger partial charge >= 0.3 is 0 Å². The van der Waals surface area contributed by atoms with Crippen molar-refractivity contribution in [3.8, 4) is 22.9 Å². The number of aryl methyl sites for hydroxylation is 1. The molecule has 0 N–H and O–H groups in total. The molecule has 0 spiro atoms. The zero-order chi connectivity index (χ0) is 14.9. The normalized spacial score (nSPS) is 11.0. The second kappa shape index (κ2) is 5.11. The van der Waals surface area contributed by atoms with E-state index in [0.29, 0.717) is 11.8 Å². The van der Waals surface area contributed by atoms with Crippen LogP contribution in [0.2, 0.25) is 0 Å². The second-order valence-electron chi connectivity index (χ2n) is 5.25. The van der Waals surface area contributed by atoms with Crippen LogP contribution in [0.4, 0.5) is 0 Å². The molecule has 0 saturated heterocycles. The maximum Gasteiger partial charge on any atom is 0.248 e. The van der Waals surface area contributed by atoms with Crippen molar-refractivity contribution in [1.29, 1.82) is 0 Å². The van der Waals surface area contributed by atoms with E-state index >= 15 is 0 Å². The smallest absolute Gasteiger partial charge is 0.248 e. The Morgan fingerprint density at radius 2 is 1.32 bits per heavy atom. The predicted octanol–water partition coefficient (Wildman–Crippen LogP) is 4.87. The summed E-state index contributed by atoms with van der Waals surface area (Å²) >= 11 is 0. The van der Waals surface area contributed by atoms with E-state index in [2.05, 4.69) is 28.4 Å². The molecule has 0 aliphatic heterocycles. The fourth-order valence-corrected chi connectivity index (χ4v) is 2.67. The fourth-order valence-electron chi connectivity index (χ4n) is 2.67. The number of hydrogen-bond acceptors (Lipinski definition) is 3. The predicted molar refractivity (Wildman–Crippen MR) is 87.4 cm³/mol. The minimum atomic E-state index is 0.551. The lowest BCUT2D eigenvalue weighted by molar-refractivity contribution is 0.585. The lowest BCUT2D eigenvalue weighted by Gasteiger charge is -2.02. The Morgan fingerprint density at radius 1 is 0.682 bits per heavy atom. The van der Waals surface area contributed by atoms with Gasteiger partial charge in [0.1, 0.15) is 0 Å². The Kier molecular flexibility index (Phi) is 2.97. The lowest BCUT2D eigenvalue weighted by atomic mass is 10.0. The standard InChI is InChI=1S/C19H14N2O/c1-13-7-2-4-10-15(13)18-20-21-19(22-18)17-12-6-9-14-8-3-5-11-16(14)17/h2-12H,1H3. The van der Waals surface area contributed by atoms with Crippen molar-refractivity contribution < 1.29 is 4.42 Å².